The zero-order valence-corrected chi connectivity index (χ0v) is 16.1. The number of benzene rings is 2. The minimum Gasteiger partial charge on any atom is -0.465 e. The van der Waals surface area contributed by atoms with Gasteiger partial charge in [0, 0.05) is 27.9 Å². The van der Waals surface area contributed by atoms with Crippen LogP contribution in [0, 0.1) is 0 Å². The van der Waals surface area contributed by atoms with Gasteiger partial charge in [0.2, 0.25) is 0 Å². The average molecular weight is 418 g/mol. The van der Waals surface area contributed by atoms with Crippen molar-refractivity contribution in [3.05, 3.63) is 59.9 Å². The van der Waals surface area contributed by atoms with E-state index in [9.17, 15) is 9.59 Å². The van der Waals surface area contributed by atoms with E-state index in [0.717, 1.165) is 44.3 Å². The normalized spacial score (nSPS) is 11.1. The monoisotopic (exact) mass is 418 g/mol. The fourth-order valence-corrected chi connectivity index (χ4v) is 4.04. The second kappa shape index (κ2) is 7.01. The number of fused-ring (bicyclic) bond motifs is 2. The first kappa shape index (κ1) is 17.9. The second-order valence-corrected chi connectivity index (χ2v) is 7.38. The van der Waals surface area contributed by atoms with E-state index in [1.54, 1.807) is 6.20 Å². The summed E-state index contributed by atoms with van der Waals surface area (Å²) in [4.78, 5) is 30.7. The standard InChI is InChI=1S/C20H14N6O3S/c27-18(17-9-30-19(24-17)25-20(28)29)23-15-6-10(7-16-13(15)8-22-26-16)11-2-1-3-14-12(11)4-5-21-14/h1-9,21H,(H,22,26)(H,23,27)(H,24,25)(H,28,29). The van der Waals surface area contributed by atoms with Crippen molar-refractivity contribution in [1.29, 1.82) is 0 Å². The van der Waals surface area contributed by atoms with Crippen LogP contribution >= 0.6 is 11.3 Å². The SMILES string of the molecule is O=C(O)Nc1nc(C(=O)Nc2cc(-c3cccc4[nH]ccc34)cc3[nH]ncc23)cs1. The lowest BCUT2D eigenvalue weighted by Crippen LogP contribution is -2.13. The zero-order valence-electron chi connectivity index (χ0n) is 15.3. The molecule has 3 aromatic heterocycles. The Morgan fingerprint density at radius 2 is 1.97 bits per heavy atom. The van der Waals surface area contributed by atoms with Crippen molar-refractivity contribution < 1.29 is 14.7 Å². The molecule has 30 heavy (non-hydrogen) atoms. The Balaban J connectivity index is 1.54. The maximum absolute atomic E-state index is 12.7. The molecule has 5 rings (SSSR count). The molecule has 3 heterocycles. The molecule has 2 amide bonds. The summed E-state index contributed by atoms with van der Waals surface area (Å²) in [6.45, 7) is 0. The fraction of sp³-hybridized carbons (Fsp3) is 0. The van der Waals surface area contributed by atoms with E-state index >= 15 is 0 Å². The molecule has 0 atom stereocenters. The number of thiazole rings is 1. The first-order chi connectivity index (χ1) is 14.6. The molecule has 0 fully saturated rings. The van der Waals surface area contributed by atoms with Crippen LogP contribution in [0.5, 0.6) is 0 Å². The van der Waals surface area contributed by atoms with Crippen molar-refractivity contribution >= 4 is 56.0 Å². The molecule has 0 unspecified atom stereocenters. The summed E-state index contributed by atoms with van der Waals surface area (Å²) >= 11 is 1.04. The second-order valence-electron chi connectivity index (χ2n) is 6.52. The third kappa shape index (κ3) is 3.14. The van der Waals surface area contributed by atoms with Gasteiger partial charge in [0.1, 0.15) is 5.69 Å². The first-order valence-corrected chi connectivity index (χ1v) is 9.77. The Labute approximate surface area is 172 Å². The highest BCUT2D eigenvalue weighted by Gasteiger charge is 2.16. The highest BCUT2D eigenvalue weighted by atomic mass is 32.1. The van der Waals surface area contributed by atoms with E-state index < -0.39 is 12.0 Å². The summed E-state index contributed by atoms with van der Waals surface area (Å²) in [5.74, 6) is -0.441. The molecular formula is C20H14N6O3S. The Morgan fingerprint density at radius 1 is 1.07 bits per heavy atom. The van der Waals surface area contributed by atoms with Crippen LogP contribution in [0.2, 0.25) is 0 Å². The Bertz CT molecular complexity index is 1420. The molecule has 9 nitrogen and oxygen atoms in total. The van der Waals surface area contributed by atoms with Gasteiger partial charge < -0.3 is 15.4 Å². The van der Waals surface area contributed by atoms with Gasteiger partial charge in [-0.3, -0.25) is 15.2 Å². The number of anilines is 2. The van der Waals surface area contributed by atoms with E-state index in [1.807, 2.05) is 42.6 Å². The third-order valence-corrected chi connectivity index (χ3v) is 5.42. The van der Waals surface area contributed by atoms with Crippen LogP contribution in [0.15, 0.2) is 54.2 Å². The first-order valence-electron chi connectivity index (χ1n) is 8.89. The van der Waals surface area contributed by atoms with Crippen LogP contribution in [-0.2, 0) is 0 Å². The molecular weight excluding hydrogens is 404 g/mol. The summed E-state index contributed by atoms with van der Waals surface area (Å²) in [5.41, 5.74) is 4.43. The number of aromatic amines is 2. The lowest BCUT2D eigenvalue weighted by Gasteiger charge is -2.10. The number of aromatic nitrogens is 4. The average Bonchev–Trinajstić information content (AvgIpc) is 3.47. The van der Waals surface area contributed by atoms with Crippen LogP contribution in [0.25, 0.3) is 32.9 Å². The number of carbonyl (C=O) groups excluding carboxylic acids is 1. The summed E-state index contributed by atoms with van der Waals surface area (Å²) in [5, 5.41) is 24.3. The van der Waals surface area contributed by atoms with Crippen molar-refractivity contribution in [2.75, 3.05) is 10.6 Å². The van der Waals surface area contributed by atoms with Crippen LogP contribution in [0.3, 0.4) is 0 Å². The van der Waals surface area contributed by atoms with Gasteiger partial charge in [-0.1, -0.05) is 12.1 Å². The maximum atomic E-state index is 12.7. The highest BCUT2D eigenvalue weighted by Crippen LogP contribution is 2.34. The van der Waals surface area contributed by atoms with E-state index in [4.69, 9.17) is 5.11 Å². The summed E-state index contributed by atoms with van der Waals surface area (Å²) in [6.07, 6.45) is 2.30. The molecule has 10 heteroatoms. The minimum absolute atomic E-state index is 0.124. The number of rotatable bonds is 4. The third-order valence-electron chi connectivity index (χ3n) is 4.66. The Hall–Kier alpha value is -4.18. The molecule has 5 aromatic rings. The molecule has 0 aliphatic heterocycles. The van der Waals surface area contributed by atoms with Crippen molar-refractivity contribution in [3.63, 3.8) is 0 Å². The molecule has 148 valence electrons. The predicted octanol–water partition coefficient (Wildman–Crippen LogP) is 4.51. The van der Waals surface area contributed by atoms with Gasteiger partial charge in [0.05, 0.1) is 17.4 Å². The number of hydrogen-bond donors (Lipinski definition) is 5. The minimum atomic E-state index is -1.23. The molecule has 5 N–H and O–H groups in total. The lowest BCUT2D eigenvalue weighted by atomic mass is 9.99. The van der Waals surface area contributed by atoms with Crippen molar-refractivity contribution in [2.24, 2.45) is 0 Å². The maximum Gasteiger partial charge on any atom is 0.410 e. The van der Waals surface area contributed by atoms with Crippen LogP contribution < -0.4 is 10.6 Å². The number of H-pyrrole nitrogens is 2. The molecule has 0 aliphatic rings. The zero-order chi connectivity index (χ0) is 20.7. The summed E-state index contributed by atoms with van der Waals surface area (Å²) < 4.78 is 0. The molecule has 0 radical (unpaired) electrons. The van der Waals surface area contributed by atoms with Crippen LogP contribution in [-0.4, -0.2) is 37.3 Å². The topological polar surface area (TPSA) is 136 Å². The van der Waals surface area contributed by atoms with Crippen molar-refractivity contribution in [2.45, 2.75) is 0 Å². The largest absolute Gasteiger partial charge is 0.465 e. The van der Waals surface area contributed by atoms with Crippen molar-refractivity contribution in [1.82, 2.24) is 20.2 Å². The smallest absolute Gasteiger partial charge is 0.410 e. The molecule has 0 saturated heterocycles. The van der Waals surface area contributed by atoms with Crippen LogP contribution in [0.4, 0.5) is 15.6 Å². The Kier molecular flexibility index (Phi) is 4.18. The van der Waals surface area contributed by atoms with Gasteiger partial charge in [0.25, 0.3) is 5.91 Å². The number of carbonyl (C=O) groups is 2. The molecule has 0 aliphatic carbocycles. The van der Waals surface area contributed by atoms with E-state index in [1.165, 1.54) is 5.38 Å². The molecule has 2 aromatic carbocycles. The van der Waals surface area contributed by atoms with E-state index in [-0.39, 0.29) is 10.8 Å². The van der Waals surface area contributed by atoms with Gasteiger partial charge in [-0.2, -0.15) is 5.10 Å². The quantitative estimate of drug-likeness (QED) is 0.293. The van der Waals surface area contributed by atoms with E-state index in [0.29, 0.717) is 5.69 Å². The number of carboxylic acid groups (broad SMARTS) is 1. The molecule has 0 bridgehead atoms. The summed E-state index contributed by atoms with van der Waals surface area (Å²) in [7, 11) is 0. The summed E-state index contributed by atoms with van der Waals surface area (Å²) in [6, 6.07) is 11.9. The van der Waals surface area contributed by atoms with Gasteiger partial charge in [-0.15, -0.1) is 11.3 Å². The predicted molar refractivity (Wildman–Crippen MR) is 115 cm³/mol. The Morgan fingerprint density at radius 3 is 2.83 bits per heavy atom. The van der Waals surface area contributed by atoms with E-state index in [2.05, 4.69) is 30.8 Å². The number of nitrogens with zero attached hydrogens (tertiary/aromatic N) is 2. The lowest BCUT2D eigenvalue weighted by molar-refractivity contribution is 0.102. The van der Waals surface area contributed by atoms with Gasteiger partial charge in [-0.25, -0.2) is 9.78 Å². The number of nitrogens with one attached hydrogen (secondary N) is 4. The molecule has 0 spiro atoms. The molecule has 0 saturated carbocycles. The number of hydrogen-bond acceptors (Lipinski definition) is 5. The van der Waals surface area contributed by atoms with Gasteiger partial charge >= 0.3 is 6.09 Å². The highest BCUT2D eigenvalue weighted by molar-refractivity contribution is 7.14. The van der Waals surface area contributed by atoms with Gasteiger partial charge in [-0.05, 0) is 35.4 Å². The van der Waals surface area contributed by atoms with Gasteiger partial charge in [0.15, 0.2) is 5.13 Å². The fourth-order valence-electron chi connectivity index (χ4n) is 3.36. The number of amides is 2. The van der Waals surface area contributed by atoms with Crippen molar-refractivity contribution in [3.8, 4) is 11.1 Å². The van der Waals surface area contributed by atoms with Crippen LogP contribution in [0.1, 0.15) is 10.5 Å².